The minimum absolute atomic E-state index is 0.0330. The molecule has 6 heteroatoms. The van der Waals surface area contributed by atoms with E-state index in [4.69, 9.17) is 4.74 Å². The molecule has 0 saturated carbocycles. The van der Waals surface area contributed by atoms with Gasteiger partial charge in [0.25, 0.3) is 0 Å². The largest absolute Gasteiger partial charge is 0.383 e. The number of hydrogen-bond acceptors (Lipinski definition) is 4. The van der Waals surface area contributed by atoms with Crippen LogP contribution in [-0.2, 0) is 14.3 Å². The van der Waals surface area contributed by atoms with Crippen LogP contribution in [0.4, 0.5) is 0 Å². The molecule has 1 aliphatic rings. The van der Waals surface area contributed by atoms with Crippen LogP contribution >= 0.6 is 0 Å². The molecular weight excluding hydrogens is 246 g/mol. The lowest BCUT2D eigenvalue weighted by Gasteiger charge is -2.27. The van der Waals surface area contributed by atoms with Gasteiger partial charge in [0.05, 0.1) is 12.0 Å². The van der Waals surface area contributed by atoms with Gasteiger partial charge in [0.15, 0.2) is 0 Å². The lowest BCUT2D eigenvalue weighted by atomic mass is 9.83. The fraction of sp³-hybridized carbons (Fsp3) is 0.846. The average Bonchev–Trinajstić information content (AvgIpc) is 2.88. The maximum atomic E-state index is 12.3. The van der Waals surface area contributed by atoms with Crippen molar-refractivity contribution in [1.82, 2.24) is 16.0 Å². The zero-order valence-corrected chi connectivity index (χ0v) is 12.0. The quantitative estimate of drug-likeness (QED) is 0.553. The van der Waals surface area contributed by atoms with E-state index in [1.165, 1.54) is 0 Å². The summed E-state index contributed by atoms with van der Waals surface area (Å²) in [6.45, 7) is 6.18. The van der Waals surface area contributed by atoms with Crippen LogP contribution in [0.3, 0.4) is 0 Å². The molecule has 1 rings (SSSR count). The maximum absolute atomic E-state index is 12.3. The minimum atomic E-state index is -0.520. The zero-order valence-electron chi connectivity index (χ0n) is 12.0. The van der Waals surface area contributed by atoms with Gasteiger partial charge in [-0.1, -0.05) is 6.92 Å². The highest BCUT2D eigenvalue weighted by atomic mass is 16.5. The number of amides is 2. The molecule has 0 aromatic rings. The summed E-state index contributed by atoms with van der Waals surface area (Å²) < 4.78 is 4.86. The van der Waals surface area contributed by atoms with Gasteiger partial charge < -0.3 is 20.7 Å². The van der Waals surface area contributed by atoms with Crippen LogP contribution in [0.25, 0.3) is 0 Å². The van der Waals surface area contributed by atoms with E-state index in [0.717, 1.165) is 19.4 Å². The van der Waals surface area contributed by atoms with E-state index in [9.17, 15) is 9.59 Å². The SMILES string of the molecule is CCC1(C(=O)NC(C)C(=O)NCCOC)CCNC1. The van der Waals surface area contributed by atoms with Gasteiger partial charge >= 0.3 is 0 Å². The van der Waals surface area contributed by atoms with Crippen molar-refractivity contribution in [3.8, 4) is 0 Å². The van der Waals surface area contributed by atoms with Gasteiger partial charge in [0.1, 0.15) is 6.04 Å². The number of hydrogen-bond donors (Lipinski definition) is 3. The Hall–Kier alpha value is -1.14. The second kappa shape index (κ2) is 7.45. The number of carbonyl (C=O) groups excluding carboxylic acids is 2. The van der Waals surface area contributed by atoms with Crippen molar-refractivity contribution in [1.29, 1.82) is 0 Å². The Morgan fingerprint density at radius 1 is 1.47 bits per heavy atom. The second-order valence-electron chi connectivity index (χ2n) is 5.04. The summed E-state index contributed by atoms with van der Waals surface area (Å²) in [7, 11) is 1.58. The predicted octanol–water partition coefficient (Wildman–Crippen LogP) is -0.357. The van der Waals surface area contributed by atoms with E-state index >= 15 is 0 Å². The van der Waals surface area contributed by atoms with Crippen LogP contribution in [0.15, 0.2) is 0 Å². The Labute approximate surface area is 114 Å². The third kappa shape index (κ3) is 4.18. The van der Waals surface area contributed by atoms with Crippen LogP contribution in [0.1, 0.15) is 26.7 Å². The molecule has 0 aliphatic carbocycles. The van der Waals surface area contributed by atoms with E-state index in [0.29, 0.717) is 19.7 Å². The molecule has 2 amide bonds. The molecule has 1 heterocycles. The van der Waals surface area contributed by atoms with Gasteiger partial charge in [-0.2, -0.15) is 0 Å². The van der Waals surface area contributed by atoms with E-state index in [2.05, 4.69) is 16.0 Å². The first kappa shape index (κ1) is 15.9. The third-order valence-corrected chi connectivity index (χ3v) is 3.75. The van der Waals surface area contributed by atoms with Crippen LogP contribution in [0.2, 0.25) is 0 Å². The molecule has 1 fully saturated rings. The molecule has 3 N–H and O–H groups in total. The Kier molecular flexibility index (Phi) is 6.24. The molecule has 0 spiro atoms. The van der Waals surface area contributed by atoms with Gasteiger partial charge in [0, 0.05) is 20.2 Å². The predicted molar refractivity (Wildman–Crippen MR) is 72.7 cm³/mol. The van der Waals surface area contributed by atoms with Crippen molar-refractivity contribution < 1.29 is 14.3 Å². The van der Waals surface area contributed by atoms with Gasteiger partial charge in [-0.25, -0.2) is 0 Å². The standard InChI is InChI=1S/C13H25N3O3/c1-4-13(5-6-14-9-13)12(18)16-10(2)11(17)15-7-8-19-3/h10,14H,4-9H2,1-3H3,(H,15,17)(H,16,18). The number of carbonyl (C=O) groups is 2. The fourth-order valence-corrected chi connectivity index (χ4v) is 2.24. The third-order valence-electron chi connectivity index (χ3n) is 3.75. The summed E-state index contributed by atoms with van der Waals surface area (Å²) >= 11 is 0. The van der Waals surface area contributed by atoms with E-state index in [1.807, 2.05) is 6.92 Å². The number of ether oxygens (including phenoxy) is 1. The highest BCUT2D eigenvalue weighted by Gasteiger charge is 2.40. The highest BCUT2D eigenvalue weighted by Crippen LogP contribution is 2.29. The van der Waals surface area contributed by atoms with Gasteiger partial charge in [-0.05, 0) is 26.3 Å². The van der Waals surface area contributed by atoms with Crippen molar-refractivity contribution in [2.24, 2.45) is 5.41 Å². The molecule has 110 valence electrons. The van der Waals surface area contributed by atoms with E-state index in [1.54, 1.807) is 14.0 Å². The summed E-state index contributed by atoms with van der Waals surface area (Å²) in [6, 6.07) is -0.520. The Bertz CT molecular complexity index is 314. The first-order chi connectivity index (χ1) is 9.05. The smallest absolute Gasteiger partial charge is 0.242 e. The molecule has 19 heavy (non-hydrogen) atoms. The number of rotatable bonds is 7. The van der Waals surface area contributed by atoms with Crippen molar-refractivity contribution in [2.45, 2.75) is 32.7 Å². The summed E-state index contributed by atoms with van der Waals surface area (Å²) in [6.07, 6.45) is 1.61. The Morgan fingerprint density at radius 3 is 2.74 bits per heavy atom. The fourth-order valence-electron chi connectivity index (χ4n) is 2.24. The number of nitrogens with one attached hydrogen (secondary N) is 3. The summed E-state index contributed by atoms with van der Waals surface area (Å²) in [5.41, 5.74) is -0.360. The first-order valence-corrected chi connectivity index (χ1v) is 6.84. The van der Waals surface area contributed by atoms with Crippen LogP contribution in [0.5, 0.6) is 0 Å². The molecule has 1 aliphatic heterocycles. The van der Waals surface area contributed by atoms with Crippen molar-refractivity contribution in [2.75, 3.05) is 33.4 Å². The van der Waals surface area contributed by atoms with Crippen molar-refractivity contribution in [3.63, 3.8) is 0 Å². The van der Waals surface area contributed by atoms with Crippen molar-refractivity contribution in [3.05, 3.63) is 0 Å². The van der Waals surface area contributed by atoms with Gasteiger partial charge in [0.2, 0.25) is 11.8 Å². The molecule has 1 saturated heterocycles. The molecule has 2 atom stereocenters. The normalized spacial score (nSPS) is 23.9. The van der Waals surface area contributed by atoms with Gasteiger partial charge in [-0.3, -0.25) is 9.59 Å². The molecule has 0 aromatic heterocycles. The monoisotopic (exact) mass is 271 g/mol. The highest BCUT2D eigenvalue weighted by molar-refractivity contribution is 5.90. The Morgan fingerprint density at radius 2 is 2.21 bits per heavy atom. The topological polar surface area (TPSA) is 79.5 Å². The van der Waals surface area contributed by atoms with Crippen LogP contribution < -0.4 is 16.0 Å². The summed E-state index contributed by atoms with van der Waals surface area (Å²) in [4.78, 5) is 24.1. The molecule has 2 unspecified atom stereocenters. The van der Waals surface area contributed by atoms with E-state index < -0.39 is 6.04 Å². The molecule has 0 aromatic carbocycles. The van der Waals surface area contributed by atoms with Crippen molar-refractivity contribution >= 4 is 11.8 Å². The first-order valence-electron chi connectivity index (χ1n) is 6.84. The minimum Gasteiger partial charge on any atom is -0.383 e. The van der Waals surface area contributed by atoms with Crippen LogP contribution in [-0.4, -0.2) is 51.2 Å². The maximum Gasteiger partial charge on any atom is 0.242 e. The van der Waals surface area contributed by atoms with Crippen LogP contribution in [0, 0.1) is 5.41 Å². The lowest BCUT2D eigenvalue weighted by molar-refractivity contribution is -0.134. The van der Waals surface area contributed by atoms with Gasteiger partial charge in [-0.15, -0.1) is 0 Å². The molecular formula is C13H25N3O3. The van der Waals surface area contributed by atoms with E-state index in [-0.39, 0.29) is 17.2 Å². The second-order valence-corrected chi connectivity index (χ2v) is 5.04. The molecule has 6 nitrogen and oxygen atoms in total. The zero-order chi connectivity index (χ0) is 14.3. The Balaban J connectivity index is 2.44. The molecule has 0 bridgehead atoms. The summed E-state index contributed by atoms with van der Waals surface area (Å²) in [5.74, 6) is -0.211. The number of methoxy groups -OCH3 is 1. The lowest BCUT2D eigenvalue weighted by Crippen LogP contribution is -2.51. The summed E-state index contributed by atoms with van der Waals surface area (Å²) in [5, 5.41) is 8.74. The average molecular weight is 271 g/mol. The molecule has 0 radical (unpaired) electrons.